The average molecular weight is 371 g/mol. The first-order valence-electron chi connectivity index (χ1n) is 9.59. The second-order valence-corrected chi connectivity index (χ2v) is 6.68. The molecule has 3 rings (SSSR count). The van der Waals surface area contributed by atoms with Crippen molar-refractivity contribution in [1.82, 2.24) is 25.1 Å². The Balaban J connectivity index is 1.61. The van der Waals surface area contributed by atoms with Crippen molar-refractivity contribution in [3.8, 4) is 5.75 Å². The maximum absolute atomic E-state index is 5.62. The van der Waals surface area contributed by atoms with E-state index in [0.717, 1.165) is 44.4 Å². The van der Waals surface area contributed by atoms with Gasteiger partial charge in [0.25, 0.3) is 0 Å². The summed E-state index contributed by atoms with van der Waals surface area (Å²) in [7, 11) is 3.55. The highest BCUT2D eigenvalue weighted by Crippen LogP contribution is 2.31. The minimum absolute atomic E-state index is 0.260. The smallest absolute Gasteiger partial charge is 0.191 e. The molecule has 1 aromatic carbocycles. The summed E-state index contributed by atoms with van der Waals surface area (Å²) in [4.78, 5) is 11.0. The Morgan fingerprint density at radius 1 is 1.26 bits per heavy atom. The molecule has 0 saturated carbocycles. The number of rotatable bonds is 8. The van der Waals surface area contributed by atoms with Crippen molar-refractivity contribution in [2.45, 2.75) is 25.4 Å². The minimum Gasteiger partial charge on any atom is -0.496 e. The molecule has 0 spiro atoms. The molecule has 0 amide bonds. The molecule has 1 fully saturated rings. The van der Waals surface area contributed by atoms with Gasteiger partial charge in [0.05, 0.1) is 19.5 Å². The highest BCUT2D eigenvalue weighted by atomic mass is 16.5. The summed E-state index contributed by atoms with van der Waals surface area (Å²) < 4.78 is 7.66. The first-order chi connectivity index (χ1) is 13.3. The van der Waals surface area contributed by atoms with Gasteiger partial charge >= 0.3 is 0 Å². The normalized spacial score (nSPS) is 16.3. The number of aromatic nitrogens is 2. The third-order valence-electron chi connectivity index (χ3n) is 4.99. The Bertz CT molecular complexity index is 709. The molecular weight excluding hydrogens is 340 g/mol. The van der Waals surface area contributed by atoms with Crippen LogP contribution in [0.15, 0.2) is 48.0 Å². The van der Waals surface area contributed by atoms with Crippen LogP contribution in [-0.2, 0) is 6.54 Å². The number of hydrogen-bond acceptors (Lipinski definition) is 4. The molecule has 1 aliphatic rings. The third-order valence-corrected chi connectivity index (χ3v) is 4.99. The largest absolute Gasteiger partial charge is 0.496 e. The van der Waals surface area contributed by atoms with Crippen LogP contribution in [0, 0.1) is 0 Å². The molecule has 7 heteroatoms. The molecule has 146 valence electrons. The van der Waals surface area contributed by atoms with Gasteiger partial charge in [0.1, 0.15) is 5.75 Å². The molecule has 27 heavy (non-hydrogen) atoms. The number of hydrogen-bond donors (Lipinski definition) is 2. The molecule has 0 radical (unpaired) electrons. The van der Waals surface area contributed by atoms with Crippen LogP contribution in [0.5, 0.6) is 5.75 Å². The Labute approximate surface area is 161 Å². The van der Waals surface area contributed by atoms with Gasteiger partial charge in [-0.1, -0.05) is 18.2 Å². The van der Waals surface area contributed by atoms with E-state index >= 15 is 0 Å². The van der Waals surface area contributed by atoms with Gasteiger partial charge in [-0.15, -0.1) is 0 Å². The first-order valence-corrected chi connectivity index (χ1v) is 9.59. The highest BCUT2D eigenvalue weighted by molar-refractivity contribution is 5.79. The van der Waals surface area contributed by atoms with Crippen molar-refractivity contribution in [3.05, 3.63) is 48.5 Å². The Morgan fingerprint density at radius 3 is 2.78 bits per heavy atom. The number of imidazole rings is 1. The van der Waals surface area contributed by atoms with E-state index < -0.39 is 0 Å². The third kappa shape index (κ3) is 5.23. The summed E-state index contributed by atoms with van der Waals surface area (Å²) in [6.07, 6.45) is 8.08. The number of likely N-dealkylation sites (tertiary alicyclic amines) is 1. The number of guanidine groups is 1. The lowest BCUT2D eigenvalue weighted by Crippen LogP contribution is -2.43. The lowest BCUT2D eigenvalue weighted by Gasteiger charge is -2.30. The molecule has 2 heterocycles. The molecule has 1 aromatic heterocycles. The summed E-state index contributed by atoms with van der Waals surface area (Å²) in [5.74, 6) is 1.76. The van der Waals surface area contributed by atoms with E-state index in [4.69, 9.17) is 4.74 Å². The van der Waals surface area contributed by atoms with Gasteiger partial charge in [0, 0.05) is 44.6 Å². The van der Waals surface area contributed by atoms with Gasteiger partial charge in [-0.3, -0.25) is 9.89 Å². The Morgan fingerprint density at radius 2 is 2.07 bits per heavy atom. The van der Waals surface area contributed by atoms with E-state index in [1.54, 1.807) is 20.4 Å². The van der Waals surface area contributed by atoms with Crippen molar-refractivity contribution in [3.63, 3.8) is 0 Å². The van der Waals surface area contributed by atoms with E-state index in [0.29, 0.717) is 0 Å². The maximum atomic E-state index is 5.62. The van der Waals surface area contributed by atoms with Crippen LogP contribution in [0.1, 0.15) is 24.4 Å². The van der Waals surface area contributed by atoms with Crippen LogP contribution in [0.2, 0.25) is 0 Å². The summed E-state index contributed by atoms with van der Waals surface area (Å²) >= 11 is 0. The summed E-state index contributed by atoms with van der Waals surface area (Å²) in [6, 6.07) is 8.57. The average Bonchev–Trinajstić information content (AvgIpc) is 3.41. The van der Waals surface area contributed by atoms with E-state index in [9.17, 15) is 0 Å². The second kappa shape index (κ2) is 9.97. The van der Waals surface area contributed by atoms with E-state index in [1.165, 1.54) is 18.4 Å². The monoisotopic (exact) mass is 370 g/mol. The summed E-state index contributed by atoms with van der Waals surface area (Å²) in [6.45, 7) is 4.67. The van der Waals surface area contributed by atoms with Crippen molar-refractivity contribution in [2.24, 2.45) is 4.99 Å². The number of nitrogens with zero attached hydrogens (tertiary/aromatic N) is 4. The fourth-order valence-corrected chi connectivity index (χ4v) is 3.57. The van der Waals surface area contributed by atoms with Crippen LogP contribution in [0.4, 0.5) is 0 Å². The van der Waals surface area contributed by atoms with Crippen LogP contribution in [-0.4, -0.2) is 60.7 Å². The molecule has 1 unspecified atom stereocenters. The van der Waals surface area contributed by atoms with E-state index in [2.05, 4.69) is 37.6 Å². The van der Waals surface area contributed by atoms with Crippen LogP contribution >= 0.6 is 0 Å². The lowest BCUT2D eigenvalue weighted by atomic mass is 10.0. The standard InChI is InChI=1S/C20H30N6O/c1-21-20(23-10-14-25-13-9-22-16-25)24-15-18(26-11-5-6-12-26)17-7-3-4-8-19(17)27-2/h3-4,7-9,13,16,18H,5-6,10-12,14-15H2,1-2H3,(H2,21,23,24). The Kier molecular flexibility index (Phi) is 7.10. The predicted octanol–water partition coefficient (Wildman–Crippen LogP) is 1.89. The van der Waals surface area contributed by atoms with Gasteiger partial charge in [-0.25, -0.2) is 4.98 Å². The molecule has 1 aliphatic heterocycles. The quantitative estimate of drug-likeness (QED) is 0.549. The fourth-order valence-electron chi connectivity index (χ4n) is 3.57. The van der Waals surface area contributed by atoms with Crippen molar-refractivity contribution in [2.75, 3.05) is 40.3 Å². The van der Waals surface area contributed by atoms with Crippen LogP contribution < -0.4 is 15.4 Å². The molecule has 2 aromatic rings. The number of nitrogens with one attached hydrogen (secondary N) is 2. The summed E-state index contributed by atoms with van der Waals surface area (Å²) in [5.41, 5.74) is 1.23. The van der Waals surface area contributed by atoms with Gasteiger partial charge in [0.15, 0.2) is 5.96 Å². The predicted molar refractivity (Wildman–Crippen MR) is 108 cm³/mol. The number of benzene rings is 1. The van der Waals surface area contributed by atoms with Crippen LogP contribution in [0.3, 0.4) is 0 Å². The zero-order chi connectivity index (χ0) is 18.9. The van der Waals surface area contributed by atoms with Gasteiger partial charge in [0.2, 0.25) is 0 Å². The van der Waals surface area contributed by atoms with Gasteiger partial charge in [-0.05, 0) is 32.0 Å². The van der Waals surface area contributed by atoms with Crippen molar-refractivity contribution in [1.29, 1.82) is 0 Å². The van der Waals surface area contributed by atoms with Gasteiger partial charge in [-0.2, -0.15) is 0 Å². The molecule has 1 atom stereocenters. The maximum Gasteiger partial charge on any atom is 0.191 e. The molecule has 0 aliphatic carbocycles. The number of methoxy groups -OCH3 is 1. The summed E-state index contributed by atoms with van der Waals surface area (Å²) in [5, 5.41) is 6.87. The first kappa shape index (κ1) is 19.2. The van der Waals surface area contributed by atoms with Gasteiger partial charge < -0.3 is 19.9 Å². The molecule has 1 saturated heterocycles. The number of ether oxygens (including phenoxy) is 1. The topological polar surface area (TPSA) is 66.7 Å². The minimum atomic E-state index is 0.260. The Hall–Kier alpha value is -2.54. The molecule has 2 N–H and O–H groups in total. The number of para-hydroxylation sites is 1. The van der Waals surface area contributed by atoms with Crippen molar-refractivity contribution >= 4 is 5.96 Å². The molecule has 7 nitrogen and oxygen atoms in total. The van der Waals surface area contributed by atoms with E-state index in [-0.39, 0.29) is 6.04 Å². The SMILES string of the molecule is CN=C(NCCn1ccnc1)NCC(c1ccccc1OC)N1CCCC1. The highest BCUT2D eigenvalue weighted by Gasteiger charge is 2.25. The zero-order valence-corrected chi connectivity index (χ0v) is 16.3. The fraction of sp³-hybridized carbons (Fsp3) is 0.500. The van der Waals surface area contributed by atoms with E-state index in [1.807, 2.05) is 29.2 Å². The second-order valence-electron chi connectivity index (χ2n) is 6.68. The molecular formula is C20H30N6O. The zero-order valence-electron chi connectivity index (χ0n) is 16.3. The lowest BCUT2D eigenvalue weighted by molar-refractivity contribution is 0.239. The van der Waals surface area contributed by atoms with Crippen molar-refractivity contribution < 1.29 is 4.74 Å². The molecule has 0 bridgehead atoms. The van der Waals surface area contributed by atoms with Crippen LogP contribution in [0.25, 0.3) is 0 Å². The number of aliphatic imine (C=N–C) groups is 1.